The van der Waals surface area contributed by atoms with Crippen LogP contribution in [0.1, 0.15) is 107 Å². The molecule has 0 heterocycles. The fraction of sp³-hybridized carbons (Fsp3) is 0.652. The third kappa shape index (κ3) is 12.2. The Hall–Kier alpha value is -1.84. The van der Waals surface area contributed by atoms with Gasteiger partial charge in [0.2, 0.25) is 5.91 Å². The average molecular weight is 376 g/mol. The second-order valence-corrected chi connectivity index (χ2v) is 7.42. The molecule has 0 fully saturated rings. The first-order chi connectivity index (χ1) is 13.1. The third-order valence-electron chi connectivity index (χ3n) is 4.89. The first-order valence-electron chi connectivity index (χ1n) is 10.8. The van der Waals surface area contributed by atoms with Gasteiger partial charge in [-0.1, -0.05) is 84.0 Å². The maximum absolute atomic E-state index is 11.9. The monoisotopic (exact) mass is 375 g/mol. The van der Waals surface area contributed by atoms with Crippen LogP contribution in [0.5, 0.6) is 5.75 Å². The molecule has 0 atom stereocenters. The SMILES string of the molecule is CCCCCCCCCCCCCCCC(=O)NC(=O)c1ccc(O)cc1. The number of phenolic OH excluding ortho intramolecular Hbond substituents is 1. The van der Waals surface area contributed by atoms with E-state index < -0.39 is 5.91 Å². The number of amides is 2. The second kappa shape index (κ2) is 15.2. The molecule has 0 unspecified atom stereocenters. The van der Waals surface area contributed by atoms with E-state index >= 15 is 0 Å². The van der Waals surface area contributed by atoms with Crippen molar-refractivity contribution in [3.05, 3.63) is 29.8 Å². The summed E-state index contributed by atoms with van der Waals surface area (Å²) in [4.78, 5) is 23.7. The predicted molar refractivity (Wildman–Crippen MR) is 111 cm³/mol. The van der Waals surface area contributed by atoms with E-state index in [1.807, 2.05) is 0 Å². The molecule has 4 heteroatoms. The van der Waals surface area contributed by atoms with Crippen molar-refractivity contribution in [3.8, 4) is 5.75 Å². The lowest BCUT2D eigenvalue weighted by atomic mass is 10.0. The number of hydrogen-bond acceptors (Lipinski definition) is 3. The van der Waals surface area contributed by atoms with Crippen LogP contribution in [0.15, 0.2) is 24.3 Å². The molecule has 2 amide bonds. The summed E-state index contributed by atoms with van der Waals surface area (Å²) in [5.41, 5.74) is 0.381. The molecule has 1 aromatic carbocycles. The average Bonchev–Trinajstić information content (AvgIpc) is 2.66. The topological polar surface area (TPSA) is 66.4 Å². The van der Waals surface area contributed by atoms with Gasteiger partial charge in [0.15, 0.2) is 0 Å². The molecule has 0 aliphatic carbocycles. The van der Waals surface area contributed by atoms with E-state index in [9.17, 15) is 14.7 Å². The Kier molecular flexibility index (Phi) is 13.1. The molecule has 4 nitrogen and oxygen atoms in total. The molecule has 0 aliphatic heterocycles. The van der Waals surface area contributed by atoms with E-state index in [4.69, 9.17) is 0 Å². The number of carbonyl (C=O) groups excluding carboxylic acids is 2. The van der Waals surface area contributed by atoms with Crippen LogP contribution in [0.3, 0.4) is 0 Å². The van der Waals surface area contributed by atoms with Crippen molar-refractivity contribution in [1.82, 2.24) is 5.32 Å². The summed E-state index contributed by atoms with van der Waals surface area (Å²) in [5.74, 6) is -0.532. The van der Waals surface area contributed by atoms with Crippen molar-refractivity contribution >= 4 is 11.8 Å². The van der Waals surface area contributed by atoms with Crippen molar-refractivity contribution in [3.63, 3.8) is 0 Å². The molecule has 152 valence electrons. The van der Waals surface area contributed by atoms with Gasteiger partial charge in [-0.05, 0) is 30.7 Å². The van der Waals surface area contributed by atoms with Gasteiger partial charge in [0.1, 0.15) is 5.75 Å². The highest BCUT2D eigenvalue weighted by atomic mass is 16.3. The number of aromatic hydroxyl groups is 1. The lowest BCUT2D eigenvalue weighted by Gasteiger charge is -2.05. The zero-order chi connectivity index (χ0) is 19.7. The van der Waals surface area contributed by atoms with Gasteiger partial charge in [-0.15, -0.1) is 0 Å². The summed E-state index contributed by atoms with van der Waals surface area (Å²) in [6.07, 6.45) is 16.9. The maximum atomic E-state index is 11.9. The fourth-order valence-electron chi connectivity index (χ4n) is 3.18. The number of nitrogens with one attached hydrogen (secondary N) is 1. The van der Waals surface area contributed by atoms with E-state index in [-0.39, 0.29) is 11.7 Å². The van der Waals surface area contributed by atoms with Crippen LogP contribution in [0, 0.1) is 0 Å². The minimum atomic E-state index is -0.408. The molecule has 27 heavy (non-hydrogen) atoms. The molecule has 0 aromatic heterocycles. The normalized spacial score (nSPS) is 10.7. The van der Waals surface area contributed by atoms with E-state index in [0.717, 1.165) is 19.3 Å². The van der Waals surface area contributed by atoms with Crippen LogP contribution < -0.4 is 5.32 Å². The van der Waals surface area contributed by atoms with Gasteiger partial charge in [-0.2, -0.15) is 0 Å². The highest BCUT2D eigenvalue weighted by Gasteiger charge is 2.09. The molecule has 0 saturated carbocycles. The third-order valence-corrected chi connectivity index (χ3v) is 4.89. The summed E-state index contributed by atoms with van der Waals surface area (Å²) in [6.45, 7) is 2.25. The van der Waals surface area contributed by atoms with Crippen LogP contribution >= 0.6 is 0 Å². The van der Waals surface area contributed by atoms with Crippen molar-refractivity contribution in [2.75, 3.05) is 0 Å². The van der Waals surface area contributed by atoms with E-state index in [1.54, 1.807) is 0 Å². The summed E-state index contributed by atoms with van der Waals surface area (Å²) >= 11 is 0. The van der Waals surface area contributed by atoms with E-state index in [2.05, 4.69) is 12.2 Å². The number of benzene rings is 1. The van der Waals surface area contributed by atoms with Crippen LogP contribution in [-0.2, 0) is 4.79 Å². The molecule has 0 aliphatic rings. The summed E-state index contributed by atoms with van der Waals surface area (Å²) < 4.78 is 0. The molecule has 2 N–H and O–H groups in total. The largest absolute Gasteiger partial charge is 0.508 e. The van der Waals surface area contributed by atoms with Crippen LogP contribution in [0.25, 0.3) is 0 Å². The first-order valence-corrected chi connectivity index (χ1v) is 10.8. The minimum absolute atomic E-state index is 0.102. The van der Waals surface area contributed by atoms with Crippen molar-refractivity contribution in [2.45, 2.75) is 96.8 Å². The number of imide groups is 1. The highest BCUT2D eigenvalue weighted by Crippen LogP contribution is 2.13. The Bertz CT molecular complexity index is 525. The van der Waals surface area contributed by atoms with Gasteiger partial charge in [0.25, 0.3) is 5.91 Å². The molecular weight excluding hydrogens is 338 g/mol. The zero-order valence-electron chi connectivity index (χ0n) is 17.0. The van der Waals surface area contributed by atoms with Gasteiger partial charge in [0, 0.05) is 12.0 Å². The van der Waals surface area contributed by atoms with Crippen LogP contribution in [-0.4, -0.2) is 16.9 Å². The highest BCUT2D eigenvalue weighted by molar-refractivity contribution is 6.04. The number of phenols is 1. The smallest absolute Gasteiger partial charge is 0.257 e. The standard InChI is InChI=1S/C23H37NO3/c1-2-3-4-5-6-7-8-9-10-11-12-13-14-15-22(26)24-23(27)20-16-18-21(25)19-17-20/h16-19,25H,2-15H2,1H3,(H,24,26,27). The van der Waals surface area contributed by atoms with Gasteiger partial charge in [-0.25, -0.2) is 0 Å². The molecule has 0 bridgehead atoms. The van der Waals surface area contributed by atoms with Gasteiger partial charge in [0.05, 0.1) is 0 Å². The maximum Gasteiger partial charge on any atom is 0.257 e. The van der Waals surface area contributed by atoms with Crippen molar-refractivity contribution in [2.24, 2.45) is 0 Å². The predicted octanol–water partition coefficient (Wildman–Crippen LogP) is 6.13. The molecule has 0 radical (unpaired) electrons. The molecular formula is C23H37NO3. The number of hydrogen-bond donors (Lipinski definition) is 2. The molecule has 1 rings (SSSR count). The van der Waals surface area contributed by atoms with Gasteiger partial charge >= 0.3 is 0 Å². The minimum Gasteiger partial charge on any atom is -0.508 e. The number of rotatable bonds is 15. The van der Waals surface area contributed by atoms with Crippen LogP contribution in [0.2, 0.25) is 0 Å². The Labute approximate surface area is 164 Å². The van der Waals surface area contributed by atoms with Crippen molar-refractivity contribution < 1.29 is 14.7 Å². The molecule has 0 saturated heterocycles. The zero-order valence-corrected chi connectivity index (χ0v) is 17.0. The lowest BCUT2D eigenvalue weighted by molar-refractivity contribution is -0.120. The quantitative estimate of drug-likeness (QED) is 0.362. The Morgan fingerprint density at radius 1 is 0.741 bits per heavy atom. The second-order valence-electron chi connectivity index (χ2n) is 7.42. The van der Waals surface area contributed by atoms with Gasteiger partial charge in [-0.3, -0.25) is 14.9 Å². The first kappa shape index (κ1) is 23.2. The van der Waals surface area contributed by atoms with E-state index in [1.165, 1.54) is 88.5 Å². The lowest BCUT2D eigenvalue weighted by Crippen LogP contribution is -2.30. The Morgan fingerprint density at radius 2 is 1.19 bits per heavy atom. The summed E-state index contributed by atoms with van der Waals surface area (Å²) in [5, 5.41) is 11.6. The summed E-state index contributed by atoms with van der Waals surface area (Å²) in [6, 6.07) is 5.88. The molecule has 0 spiro atoms. The summed E-state index contributed by atoms with van der Waals surface area (Å²) in [7, 11) is 0. The van der Waals surface area contributed by atoms with E-state index in [0.29, 0.717) is 12.0 Å². The Balaban J connectivity index is 1.92. The Morgan fingerprint density at radius 3 is 1.67 bits per heavy atom. The van der Waals surface area contributed by atoms with Crippen molar-refractivity contribution in [1.29, 1.82) is 0 Å². The van der Waals surface area contributed by atoms with Crippen LogP contribution in [0.4, 0.5) is 0 Å². The number of unbranched alkanes of at least 4 members (excludes halogenated alkanes) is 12. The van der Waals surface area contributed by atoms with Gasteiger partial charge < -0.3 is 5.11 Å². The number of carbonyl (C=O) groups is 2. The fourth-order valence-corrected chi connectivity index (χ4v) is 3.18. The molecule has 1 aromatic rings.